The van der Waals surface area contributed by atoms with Crippen LogP contribution in [-0.2, 0) is 12.8 Å². The second-order valence-corrected chi connectivity index (χ2v) is 5.76. The van der Waals surface area contributed by atoms with Gasteiger partial charge in [0.05, 0.1) is 11.8 Å². The molecule has 1 N–H and O–H groups in total. The molecule has 0 saturated carbocycles. The standard InChI is InChI=1S/C15H24N2O/c1-10(2)14(11(3)18)15-12-7-5-4-6-8-13(12)16-9-17-15/h9-11,14,18H,4-8H2,1-3H3. The van der Waals surface area contributed by atoms with Gasteiger partial charge in [0.1, 0.15) is 6.33 Å². The van der Waals surface area contributed by atoms with Crippen LogP contribution >= 0.6 is 0 Å². The van der Waals surface area contributed by atoms with E-state index in [1.165, 1.54) is 30.5 Å². The minimum absolute atomic E-state index is 0.125. The van der Waals surface area contributed by atoms with Crippen LogP contribution in [0.5, 0.6) is 0 Å². The number of aryl methyl sites for hydroxylation is 1. The lowest BCUT2D eigenvalue weighted by atomic mass is 9.84. The van der Waals surface area contributed by atoms with Crippen molar-refractivity contribution < 1.29 is 5.11 Å². The van der Waals surface area contributed by atoms with Gasteiger partial charge in [-0.15, -0.1) is 0 Å². The molecule has 0 bridgehead atoms. The van der Waals surface area contributed by atoms with Crippen LogP contribution in [0.3, 0.4) is 0 Å². The molecule has 1 aliphatic rings. The van der Waals surface area contributed by atoms with Crippen molar-refractivity contribution in [1.82, 2.24) is 9.97 Å². The topological polar surface area (TPSA) is 46.0 Å². The Balaban J connectivity index is 2.43. The Labute approximate surface area is 110 Å². The summed E-state index contributed by atoms with van der Waals surface area (Å²) in [5.74, 6) is 0.520. The molecular formula is C15H24N2O. The molecule has 0 amide bonds. The van der Waals surface area contributed by atoms with Crippen LogP contribution in [0.4, 0.5) is 0 Å². The highest BCUT2D eigenvalue weighted by atomic mass is 16.3. The molecule has 1 heterocycles. The molecule has 2 unspecified atom stereocenters. The summed E-state index contributed by atoms with van der Waals surface area (Å²) in [5, 5.41) is 10.0. The van der Waals surface area contributed by atoms with Crippen molar-refractivity contribution in [3.63, 3.8) is 0 Å². The fourth-order valence-corrected chi connectivity index (χ4v) is 3.11. The van der Waals surface area contributed by atoms with Gasteiger partial charge in [0.15, 0.2) is 0 Å². The van der Waals surface area contributed by atoms with Gasteiger partial charge in [-0.25, -0.2) is 9.97 Å². The van der Waals surface area contributed by atoms with E-state index in [4.69, 9.17) is 0 Å². The van der Waals surface area contributed by atoms with E-state index >= 15 is 0 Å². The highest BCUT2D eigenvalue weighted by Crippen LogP contribution is 2.32. The van der Waals surface area contributed by atoms with Gasteiger partial charge in [-0.3, -0.25) is 0 Å². The number of aliphatic hydroxyl groups excluding tert-OH is 1. The summed E-state index contributed by atoms with van der Waals surface area (Å²) in [6.45, 7) is 6.18. The Morgan fingerprint density at radius 1 is 1.06 bits per heavy atom. The molecule has 1 aromatic heterocycles. The fraction of sp³-hybridized carbons (Fsp3) is 0.733. The van der Waals surface area contributed by atoms with E-state index in [0.717, 1.165) is 18.5 Å². The number of nitrogens with zero attached hydrogens (tertiary/aromatic N) is 2. The molecule has 0 radical (unpaired) electrons. The van der Waals surface area contributed by atoms with E-state index < -0.39 is 0 Å². The lowest BCUT2D eigenvalue weighted by Gasteiger charge is -2.26. The van der Waals surface area contributed by atoms with Gasteiger partial charge in [-0.1, -0.05) is 20.3 Å². The Morgan fingerprint density at radius 3 is 2.44 bits per heavy atom. The molecule has 2 rings (SSSR count). The highest BCUT2D eigenvalue weighted by molar-refractivity contribution is 5.29. The summed E-state index contributed by atoms with van der Waals surface area (Å²) in [4.78, 5) is 8.95. The van der Waals surface area contributed by atoms with E-state index in [-0.39, 0.29) is 12.0 Å². The molecule has 18 heavy (non-hydrogen) atoms. The smallest absolute Gasteiger partial charge is 0.115 e. The molecule has 0 fully saturated rings. The van der Waals surface area contributed by atoms with Crippen LogP contribution in [-0.4, -0.2) is 21.2 Å². The summed E-state index contributed by atoms with van der Waals surface area (Å²) in [6.07, 6.45) is 7.18. The van der Waals surface area contributed by atoms with E-state index in [2.05, 4.69) is 23.8 Å². The fourth-order valence-electron chi connectivity index (χ4n) is 3.11. The zero-order chi connectivity index (χ0) is 13.1. The first kappa shape index (κ1) is 13.5. The number of rotatable bonds is 3. The van der Waals surface area contributed by atoms with Crippen molar-refractivity contribution in [3.05, 3.63) is 23.3 Å². The van der Waals surface area contributed by atoms with Gasteiger partial charge in [0, 0.05) is 11.6 Å². The average Bonchev–Trinajstić information content (AvgIpc) is 2.53. The summed E-state index contributed by atoms with van der Waals surface area (Å²) < 4.78 is 0. The molecule has 0 aliphatic heterocycles. The Morgan fingerprint density at radius 2 is 1.78 bits per heavy atom. The van der Waals surface area contributed by atoms with Gasteiger partial charge >= 0.3 is 0 Å². The number of aromatic nitrogens is 2. The van der Waals surface area contributed by atoms with E-state index in [1.807, 2.05) is 6.92 Å². The Kier molecular flexibility index (Phi) is 4.33. The molecule has 0 aromatic carbocycles. The minimum Gasteiger partial charge on any atom is -0.393 e. The molecule has 3 nitrogen and oxygen atoms in total. The summed E-state index contributed by atoms with van der Waals surface area (Å²) in [5.41, 5.74) is 3.62. The van der Waals surface area contributed by atoms with Crippen molar-refractivity contribution in [2.45, 2.75) is 64.9 Å². The van der Waals surface area contributed by atoms with E-state index in [9.17, 15) is 5.11 Å². The van der Waals surface area contributed by atoms with Gasteiger partial charge in [-0.2, -0.15) is 0 Å². The predicted molar refractivity (Wildman–Crippen MR) is 72.6 cm³/mol. The van der Waals surface area contributed by atoms with Crippen LogP contribution in [0.25, 0.3) is 0 Å². The summed E-state index contributed by atoms with van der Waals surface area (Å²) in [6, 6.07) is 0. The van der Waals surface area contributed by atoms with Crippen molar-refractivity contribution in [3.8, 4) is 0 Å². The molecule has 1 aliphatic carbocycles. The van der Waals surface area contributed by atoms with E-state index in [1.54, 1.807) is 6.33 Å². The third kappa shape index (κ3) is 2.72. The molecule has 3 heteroatoms. The third-order valence-corrected chi connectivity index (χ3v) is 3.96. The third-order valence-electron chi connectivity index (χ3n) is 3.96. The maximum Gasteiger partial charge on any atom is 0.115 e. The SMILES string of the molecule is CC(C)C(c1ncnc2c1CCCCC2)C(C)O. The maximum atomic E-state index is 10.0. The quantitative estimate of drug-likeness (QED) is 0.837. The van der Waals surface area contributed by atoms with Gasteiger partial charge in [-0.05, 0) is 44.1 Å². The van der Waals surface area contributed by atoms with E-state index in [0.29, 0.717) is 5.92 Å². The van der Waals surface area contributed by atoms with Gasteiger partial charge in [0.2, 0.25) is 0 Å². The van der Waals surface area contributed by atoms with Crippen LogP contribution < -0.4 is 0 Å². The van der Waals surface area contributed by atoms with Gasteiger partial charge < -0.3 is 5.11 Å². The normalized spacial score (nSPS) is 19.2. The lowest BCUT2D eigenvalue weighted by molar-refractivity contribution is 0.137. The molecule has 2 atom stereocenters. The molecule has 1 aromatic rings. The first-order chi connectivity index (χ1) is 8.61. The Bertz CT molecular complexity index is 393. The monoisotopic (exact) mass is 248 g/mol. The Hall–Kier alpha value is -0.960. The second-order valence-electron chi connectivity index (χ2n) is 5.76. The first-order valence-electron chi connectivity index (χ1n) is 7.12. The largest absolute Gasteiger partial charge is 0.393 e. The first-order valence-corrected chi connectivity index (χ1v) is 7.12. The average molecular weight is 248 g/mol. The van der Waals surface area contributed by atoms with Crippen molar-refractivity contribution in [2.75, 3.05) is 0 Å². The zero-order valence-electron chi connectivity index (χ0n) is 11.7. The van der Waals surface area contributed by atoms with Crippen LogP contribution in [0.1, 0.15) is 62.9 Å². The van der Waals surface area contributed by atoms with Crippen LogP contribution in [0.15, 0.2) is 6.33 Å². The number of fused-ring (bicyclic) bond motifs is 1. The van der Waals surface area contributed by atoms with Crippen molar-refractivity contribution in [2.24, 2.45) is 5.92 Å². The van der Waals surface area contributed by atoms with Gasteiger partial charge in [0.25, 0.3) is 0 Å². The van der Waals surface area contributed by atoms with Crippen molar-refractivity contribution >= 4 is 0 Å². The second kappa shape index (κ2) is 5.79. The lowest BCUT2D eigenvalue weighted by Crippen LogP contribution is -2.23. The molecule has 0 spiro atoms. The minimum atomic E-state index is -0.354. The van der Waals surface area contributed by atoms with Crippen LogP contribution in [0, 0.1) is 5.92 Å². The zero-order valence-corrected chi connectivity index (χ0v) is 11.7. The number of aliphatic hydroxyl groups is 1. The highest BCUT2D eigenvalue weighted by Gasteiger charge is 2.27. The number of hydrogen-bond donors (Lipinski definition) is 1. The summed E-state index contributed by atoms with van der Waals surface area (Å²) >= 11 is 0. The van der Waals surface area contributed by atoms with Crippen LogP contribution in [0.2, 0.25) is 0 Å². The number of hydrogen-bond acceptors (Lipinski definition) is 3. The molecule has 100 valence electrons. The predicted octanol–water partition coefficient (Wildman–Crippen LogP) is 2.87. The maximum absolute atomic E-state index is 10.0. The molecular weight excluding hydrogens is 224 g/mol. The summed E-state index contributed by atoms with van der Waals surface area (Å²) in [7, 11) is 0. The molecule has 0 saturated heterocycles. The van der Waals surface area contributed by atoms with Crippen molar-refractivity contribution in [1.29, 1.82) is 0 Å².